The first-order valence-corrected chi connectivity index (χ1v) is 8.41. The second kappa shape index (κ2) is 6.89. The van der Waals surface area contributed by atoms with Crippen LogP contribution in [-0.4, -0.2) is 66.8 Å². The number of carbonyl (C=O) groups is 1. The molecule has 1 aliphatic carbocycles. The van der Waals surface area contributed by atoms with Crippen LogP contribution in [0.5, 0.6) is 5.75 Å². The molecule has 1 aromatic rings. The van der Waals surface area contributed by atoms with Gasteiger partial charge in [0.15, 0.2) is 0 Å². The fourth-order valence-electron chi connectivity index (χ4n) is 3.45. The molecule has 3 atom stereocenters. The van der Waals surface area contributed by atoms with Crippen LogP contribution in [0.2, 0.25) is 0 Å². The van der Waals surface area contributed by atoms with Crippen LogP contribution in [0.25, 0.3) is 0 Å². The number of β-amino-alcohol motifs (C(OH)–C–C–N with tert-alkyl or cyclic N) is 1. The molecule has 0 bridgehead atoms. The number of hydrogen-bond acceptors (Lipinski definition) is 4. The maximum absolute atomic E-state index is 12.6. The summed E-state index contributed by atoms with van der Waals surface area (Å²) < 4.78 is 5.18. The Morgan fingerprint density at radius 2 is 1.91 bits per heavy atom. The summed E-state index contributed by atoms with van der Waals surface area (Å²) in [5.74, 6) is 1.66. The van der Waals surface area contributed by atoms with Crippen molar-refractivity contribution in [1.29, 1.82) is 0 Å². The van der Waals surface area contributed by atoms with Crippen LogP contribution in [0.3, 0.4) is 0 Å². The van der Waals surface area contributed by atoms with Crippen molar-refractivity contribution >= 4 is 5.91 Å². The van der Waals surface area contributed by atoms with Crippen molar-refractivity contribution in [3.05, 3.63) is 29.8 Å². The number of piperazine rings is 1. The molecule has 126 valence electrons. The van der Waals surface area contributed by atoms with E-state index >= 15 is 0 Å². The van der Waals surface area contributed by atoms with Crippen LogP contribution >= 0.6 is 0 Å². The maximum atomic E-state index is 12.6. The highest BCUT2D eigenvalue weighted by Gasteiger charge is 2.46. The lowest BCUT2D eigenvalue weighted by molar-refractivity contribution is -0.134. The monoisotopic (exact) mass is 318 g/mol. The lowest BCUT2D eigenvalue weighted by Gasteiger charge is -2.35. The van der Waals surface area contributed by atoms with Gasteiger partial charge in [-0.25, -0.2) is 0 Å². The lowest BCUT2D eigenvalue weighted by atomic mass is 10.1. The van der Waals surface area contributed by atoms with Gasteiger partial charge >= 0.3 is 0 Å². The molecule has 5 heteroatoms. The van der Waals surface area contributed by atoms with E-state index in [1.54, 1.807) is 14.0 Å². The minimum absolute atomic E-state index is 0.145. The lowest BCUT2D eigenvalue weighted by Crippen LogP contribution is -2.50. The summed E-state index contributed by atoms with van der Waals surface area (Å²) in [6, 6.07) is 8.06. The molecule has 2 fully saturated rings. The molecule has 2 aliphatic rings. The van der Waals surface area contributed by atoms with Crippen molar-refractivity contribution in [2.45, 2.75) is 25.4 Å². The normalized spacial score (nSPS) is 26.0. The van der Waals surface area contributed by atoms with Crippen molar-refractivity contribution in [1.82, 2.24) is 9.80 Å². The Hall–Kier alpha value is -1.59. The van der Waals surface area contributed by atoms with Crippen LogP contribution in [0.4, 0.5) is 0 Å². The first-order valence-electron chi connectivity index (χ1n) is 8.41. The predicted molar refractivity (Wildman–Crippen MR) is 88.5 cm³/mol. The van der Waals surface area contributed by atoms with Gasteiger partial charge in [0.25, 0.3) is 0 Å². The number of ether oxygens (including phenoxy) is 1. The summed E-state index contributed by atoms with van der Waals surface area (Å²) in [4.78, 5) is 16.8. The number of hydrogen-bond donors (Lipinski definition) is 1. The standard InChI is InChI=1S/C18H26N2O3/c1-13(21)12-19-7-9-20(10-8-19)18(22)17-11-16(17)14-3-5-15(23-2)6-4-14/h3-6,13,16-17,21H,7-12H2,1-2H3. The highest BCUT2D eigenvalue weighted by Crippen LogP contribution is 2.48. The molecule has 3 rings (SSSR count). The molecule has 1 saturated heterocycles. The molecule has 0 aromatic heterocycles. The SMILES string of the molecule is COc1ccc(C2CC2C(=O)N2CCN(CC(C)O)CC2)cc1. The van der Waals surface area contributed by atoms with Gasteiger partial charge in [-0.2, -0.15) is 0 Å². The molecule has 1 aliphatic heterocycles. The van der Waals surface area contributed by atoms with Gasteiger partial charge < -0.3 is 14.7 Å². The van der Waals surface area contributed by atoms with Crippen LogP contribution in [0.15, 0.2) is 24.3 Å². The van der Waals surface area contributed by atoms with Gasteiger partial charge in [0.05, 0.1) is 13.2 Å². The van der Waals surface area contributed by atoms with E-state index < -0.39 is 0 Å². The minimum Gasteiger partial charge on any atom is -0.497 e. The van der Waals surface area contributed by atoms with E-state index in [1.165, 1.54) is 5.56 Å². The molecule has 5 nitrogen and oxygen atoms in total. The zero-order chi connectivity index (χ0) is 16.4. The van der Waals surface area contributed by atoms with E-state index in [0.29, 0.717) is 18.4 Å². The number of benzene rings is 1. The topological polar surface area (TPSA) is 53.0 Å². The predicted octanol–water partition coefficient (Wildman–Crippen LogP) is 1.32. The highest BCUT2D eigenvalue weighted by molar-refractivity contribution is 5.83. The smallest absolute Gasteiger partial charge is 0.226 e. The van der Waals surface area contributed by atoms with Crippen LogP contribution < -0.4 is 4.74 Å². The third-order valence-electron chi connectivity index (χ3n) is 4.86. The second-order valence-corrected chi connectivity index (χ2v) is 6.70. The Kier molecular flexibility index (Phi) is 4.87. The highest BCUT2D eigenvalue weighted by atomic mass is 16.5. The maximum Gasteiger partial charge on any atom is 0.226 e. The van der Waals surface area contributed by atoms with Gasteiger partial charge in [-0.1, -0.05) is 12.1 Å². The third-order valence-corrected chi connectivity index (χ3v) is 4.86. The van der Waals surface area contributed by atoms with Gasteiger partial charge in [-0.15, -0.1) is 0 Å². The van der Waals surface area contributed by atoms with E-state index in [9.17, 15) is 9.90 Å². The fourth-order valence-corrected chi connectivity index (χ4v) is 3.45. The molecular formula is C18H26N2O3. The largest absolute Gasteiger partial charge is 0.497 e. The quantitative estimate of drug-likeness (QED) is 0.890. The Balaban J connectivity index is 1.50. The van der Waals surface area contributed by atoms with E-state index in [0.717, 1.165) is 38.3 Å². The zero-order valence-corrected chi connectivity index (χ0v) is 13.9. The summed E-state index contributed by atoms with van der Waals surface area (Å²) in [5, 5.41) is 9.44. The Labute approximate surface area is 137 Å². The molecular weight excluding hydrogens is 292 g/mol. The van der Waals surface area contributed by atoms with Crippen molar-refractivity contribution in [2.75, 3.05) is 39.8 Å². The van der Waals surface area contributed by atoms with Gasteiger partial charge in [-0.3, -0.25) is 9.69 Å². The molecule has 1 aromatic carbocycles. The van der Waals surface area contributed by atoms with Crippen LogP contribution in [0, 0.1) is 5.92 Å². The molecule has 3 unspecified atom stereocenters. The first-order chi connectivity index (χ1) is 11.1. The summed E-state index contributed by atoms with van der Waals surface area (Å²) in [7, 11) is 1.66. The third kappa shape index (κ3) is 3.85. The number of rotatable bonds is 5. The van der Waals surface area contributed by atoms with Gasteiger partial charge in [0.1, 0.15) is 5.75 Å². The van der Waals surface area contributed by atoms with Gasteiger partial charge in [-0.05, 0) is 37.0 Å². The van der Waals surface area contributed by atoms with Crippen molar-refractivity contribution < 1.29 is 14.6 Å². The summed E-state index contributed by atoms with van der Waals surface area (Å²) in [6.07, 6.45) is 0.652. The van der Waals surface area contributed by atoms with E-state index in [1.807, 2.05) is 17.0 Å². The van der Waals surface area contributed by atoms with Crippen molar-refractivity contribution in [2.24, 2.45) is 5.92 Å². The number of nitrogens with zero attached hydrogens (tertiary/aromatic N) is 2. The number of amides is 1. The van der Waals surface area contributed by atoms with Gasteiger partial charge in [0.2, 0.25) is 5.91 Å². The van der Waals surface area contributed by atoms with E-state index in [-0.39, 0.29) is 12.0 Å². The Bertz CT molecular complexity index is 536. The summed E-state index contributed by atoms with van der Waals surface area (Å²) >= 11 is 0. The van der Waals surface area contributed by atoms with Gasteiger partial charge in [0, 0.05) is 38.6 Å². The van der Waals surface area contributed by atoms with Crippen LogP contribution in [-0.2, 0) is 4.79 Å². The number of carbonyl (C=O) groups excluding carboxylic acids is 1. The summed E-state index contributed by atoms with van der Waals surface area (Å²) in [6.45, 7) is 5.77. The Morgan fingerprint density at radius 3 is 2.48 bits per heavy atom. The Morgan fingerprint density at radius 1 is 1.26 bits per heavy atom. The average Bonchev–Trinajstić information content (AvgIpc) is 3.35. The summed E-state index contributed by atoms with van der Waals surface area (Å²) in [5.41, 5.74) is 1.23. The van der Waals surface area contributed by atoms with E-state index in [2.05, 4.69) is 17.0 Å². The zero-order valence-electron chi connectivity index (χ0n) is 13.9. The van der Waals surface area contributed by atoms with Crippen molar-refractivity contribution in [3.63, 3.8) is 0 Å². The molecule has 1 amide bonds. The minimum atomic E-state index is -0.305. The molecule has 0 spiro atoms. The fraction of sp³-hybridized carbons (Fsp3) is 0.611. The average molecular weight is 318 g/mol. The van der Waals surface area contributed by atoms with E-state index in [4.69, 9.17) is 4.74 Å². The number of methoxy groups -OCH3 is 1. The number of aliphatic hydroxyl groups excluding tert-OH is 1. The van der Waals surface area contributed by atoms with Crippen molar-refractivity contribution in [3.8, 4) is 5.75 Å². The molecule has 23 heavy (non-hydrogen) atoms. The molecule has 1 N–H and O–H groups in total. The molecule has 0 radical (unpaired) electrons. The molecule has 1 heterocycles. The first kappa shape index (κ1) is 16.3. The van der Waals surface area contributed by atoms with Crippen LogP contribution in [0.1, 0.15) is 24.8 Å². The molecule has 1 saturated carbocycles. The number of aliphatic hydroxyl groups is 1. The second-order valence-electron chi connectivity index (χ2n) is 6.70.